The molecule has 1 aliphatic rings. The summed E-state index contributed by atoms with van der Waals surface area (Å²) in [6.45, 7) is 3.95. The smallest absolute Gasteiger partial charge is 0.227 e. The Balaban J connectivity index is 1.74. The maximum absolute atomic E-state index is 5.34. The molecule has 0 bridgehead atoms. The lowest BCUT2D eigenvalue weighted by atomic mass is 10.0. The Morgan fingerprint density at radius 2 is 2.26 bits per heavy atom. The summed E-state index contributed by atoms with van der Waals surface area (Å²) in [6, 6.07) is 8.56. The second-order valence-electron chi connectivity index (χ2n) is 4.94. The van der Waals surface area contributed by atoms with E-state index in [1.165, 1.54) is 11.1 Å². The second kappa shape index (κ2) is 5.53. The third-order valence-electron chi connectivity index (χ3n) is 3.69. The molecule has 0 radical (unpaired) electrons. The number of aromatic nitrogens is 2. The Kier molecular flexibility index (Phi) is 3.60. The number of hydrogen-bond acceptors (Lipinski definition) is 4. The number of likely N-dealkylation sites (N-methyl/N-ethyl adjacent to an activating group) is 1. The molecule has 1 N–H and O–H groups in total. The van der Waals surface area contributed by atoms with Gasteiger partial charge < -0.3 is 9.84 Å². The molecule has 4 nitrogen and oxygen atoms in total. The zero-order valence-electron chi connectivity index (χ0n) is 11.2. The van der Waals surface area contributed by atoms with Gasteiger partial charge in [-0.05, 0) is 30.5 Å². The Hall–Kier alpha value is -1.68. The molecule has 1 aromatic heterocycles. The van der Waals surface area contributed by atoms with Crippen molar-refractivity contribution in [3.63, 3.8) is 0 Å². The first-order chi connectivity index (χ1) is 9.38. The van der Waals surface area contributed by atoms with E-state index in [9.17, 15) is 0 Å². The molecular weight excluding hydrogens is 238 g/mol. The molecule has 0 saturated heterocycles. The predicted octanol–water partition coefficient (Wildman–Crippen LogP) is 2.30. The number of nitrogens with zero attached hydrogens (tertiary/aromatic N) is 2. The van der Waals surface area contributed by atoms with E-state index in [0.717, 1.165) is 44.1 Å². The fraction of sp³-hybridized carbons (Fsp3) is 0.467. The van der Waals surface area contributed by atoms with Gasteiger partial charge in [0.25, 0.3) is 0 Å². The molecule has 0 spiro atoms. The first-order valence-electron chi connectivity index (χ1n) is 6.99. The SMILES string of the molecule is CCNCCc1nc(C2CCc3ccccc32)no1. The first kappa shape index (κ1) is 12.4. The molecule has 4 heteroatoms. The van der Waals surface area contributed by atoms with Crippen LogP contribution in [0, 0.1) is 0 Å². The molecule has 1 aromatic carbocycles. The molecule has 0 fully saturated rings. The summed E-state index contributed by atoms with van der Waals surface area (Å²) < 4.78 is 5.34. The molecule has 19 heavy (non-hydrogen) atoms. The number of fused-ring (bicyclic) bond motifs is 1. The third kappa shape index (κ3) is 2.54. The summed E-state index contributed by atoms with van der Waals surface area (Å²) in [5.41, 5.74) is 2.79. The molecule has 100 valence electrons. The van der Waals surface area contributed by atoms with Crippen LogP contribution < -0.4 is 5.32 Å². The van der Waals surface area contributed by atoms with Crippen LogP contribution in [0.1, 0.15) is 42.1 Å². The highest BCUT2D eigenvalue weighted by Crippen LogP contribution is 2.36. The zero-order valence-corrected chi connectivity index (χ0v) is 11.2. The van der Waals surface area contributed by atoms with Crippen molar-refractivity contribution in [2.24, 2.45) is 0 Å². The van der Waals surface area contributed by atoms with E-state index in [1.807, 2.05) is 0 Å². The largest absolute Gasteiger partial charge is 0.339 e. The Bertz CT molecular complexity index is 550. The fourth-order valence-corrected chi connectivity index (χ4v) is 2.71. The van der Waals surface area contributed by atoms with Gasteiger partial charge in [-0.3, -0.25) is 0 Å². The predicted molar refractivity (Wildman–Crippen MR) is 73.2 cm³/mol. The molecule has 0 saturated carbocycles. The van der Waals surface area contributed by atoms with Crippen molar-refractivity contribution in [3.05, 3.63) is 47.1 Å². The summed E-state index contributed by atoms with van der Waals surface area (Å²) in [5, 5.41) is 7.43. The number of hydrogen-bond donors (Lipinski definition) is 1. The number of aryl methyl sites for hydroxylation is 1. The number of rotatable bonds is 5. The quantitative estimate of drug-likeness (QED) is 0.835. The van der Waals surface area contributed by atoms with Gasteiger partial charge in [-0.25, -0.2) is 0 Å². The standard InChI is InChI=1S/C15H19N3O/c1-2-16-10-9-14-17-15(18-19-14)13-8-7-11-5-3-4-6-12(11)13/h3-6,13,16H,2,7-10H2,1H3. The maximum Gasteiger partial charge on any atom is 0.227 e. The van der Waals surface area contributed by atoms with Crippen molar-refractivity contribution in [1.29, 1.82) is 0 Å². The maximum atomic E-state index is 5.34. The monoisotopic (exact) mass is 257 g/mol. The van der Waals surface area contributed by atoms with Gasteiger partial charge >= 0.3 is 0 Å². The van der Waals surface area contributed by atoms with Crippen molar-refractivity contribution in [3.8, 4) is 0 Å². The summed E-state index contributed by atoms with van der Waals surface area (Å²) in [6.07, 6.45) is 3.00. The Labute approximate surface area is 113 Å². The van der Waals surface area contributed by atoms with Crippen molar-refractivity contribution >= 4 is 0 Å². The average molecular weight is 257 g/mol. The highest BCUT2D eigenvalue weighted by Gasteiger charge is 2.27. The van der Waals surface area contributed by atoms with Crippen molar-refractivity contribution in [1.82, 2.24) is 15.5 Å². The van der Waals surface area contributed by atoms with E-state index in [1.54, 1.807) is 0 Å². The van der Waals surface area contributed by atoms with Gasteiger partial charge in [0.2, 0.25) is 5.89 Å². The normalized spacial score (nSPS) is 17.6. The van der Waals surface area contributed by atoms with E-state index in [4.69, 9.17) is 4.52 Å². The van der Waals surface area contributed by atoms with Crippen molar-refractivity contribution < 1.29 is 4.52 Å². The van der Waals surface area contributed by atoms with Crippen LogP contribution in [-0.2, 0) is 12.8 Å². The van der Waals surface area contributed by atoms with Gasteiger partial charge in [0.05, 0.1) is 0 Å². The zero-order chi connectivity index (χ0) is 13.1. The minimum Gasteiger partial charge on any atom is -0.339 e. The molecule has 1 heterocycles. The van der Waals surface area contributed by atoms with E-state index >= 15 is 0 Å². The van der Waals surface area contributed by atoms with Crippen LogP contribution in [0.15, 0.2) is 28.8 Å². The summed E-state index contributed by atoms with van der Waals surface area (Å²) in [4.78, 5) is 4.55. The van der Waals surface area contributed by atoms with Gasteiger partial charge in [0.1, 0.15) is 0 Å². The first-order valence-corrected chi connectivity index (χ1v) is 6.99. The third-order valence-corrected chi connectivity index (χ3v) is 3.69. The average Bonchev–Trinajstić information content (AvgIpc) is 3.05. The molecule has 1 unspecified atom stereocenters. The molecule has 1 aliphatic carbocycles. The highest BCUT2D eigenvalue weighted by molar-refractivity contribution is 5.38. The lowest BCUT2D eigenvalue weighted by Crippen LogP contribution is -2.16. The fourth-order valence-electron chi connectivity index (χ4n) is 2.71. The topological polar surface area (TPSA) is 51.0 Å². The second-order valence-corrected chi connectivity index (χ2v) is 4.94. The van der Waals surface area contributed by atoms with Crippen molar-refractivity contribution in [2.75, 3.05) is 13.1 Å². The van der Waals surface area contributed by atoms with E-state index < -0.39 is 0 Å². The van der Waals surface area contributed by atoms with Gasteiger partial charge in [-0.2, -0.15) is 4.98 Å². The molecule has 3 rings (SSSR count). The summed E-state index contributed by atoms with van der Waals surface area (Å²) in [7, 11) is 0. The molecule has 2 aromatic rings. The van der Waals surface area contributed by atoms with Gasteiger partial charge in [0, 0.05) is 18.9 Å². The molecule has 0 aliphatic heterocycles. The number of nitrogens with one attached hydrogen (secondary N) is 1. The van der Waals surface area contributed by atoms with Crippen LogP contribution in [0.2, 0.25) is 0 Å². The van der Waals surface area contributed by atoms with Crippen LogP contribution in [0.5, 0.6) is 0 Å². The minimum absolute atomic E-state index is 0.313. The van der Waals surface area contributed by atoms with Crippen molar-refractivity contribution in [2.45, 2.75) is 32.1 Å². The van der Waals surface area contributed by atoms with Crippen LogP contribution in [-0.4, -0.2) is 23.2 Å². The van der Waals surface area contributed by atoms with Gasteiger partial charge in [0.15, 0.2) is 5.82 Å². The van der Waals surface area contributed by atoms with Gasteiger partial charge in [-0.15, -0.1) is 0 Å². The van der Waals surface area contributed by atoms with Crippen LogP contribution in [0.25, 0.3) is 0 Å². The summed E-state index contributed by atoms with van der Waals surface area (Å²) in [5.74, 6) is 1.89. The van der Waals surface area contributed by atoms with E-state index in [0.29, 0.717) is 5.92 Å². The van der Waals surface area contributed by atoms with Crippen LogP contribution in [0.3, 0.4) is 0 Å². The Morgan fingerprint density at radius 3 is 3.16 bits per heavy atom. The van der Waals surface area contributed by atoms with E-state index in [-0.39, 0.29) is 0 Å². The minimum atomic E-state index is 0.313. The molecule has 0 amide bonds. The van der Waals surface area contributed by atoms with E-state index in [2.05, 4.69) is 46.6 Å². The van der Waals surface area contributed by atoms with Gasteiger partial charge in [-0.1, -0.05) is 36.3 Å². The lowest BCUT2D eigenvalue weighted by molar-refractivity contribution is 0.369. The van der Waals surface area contributed by atoms with Crippen LogP contribution in [0.4, 0.5) is 0 Å². The lowest BCUT2D eigenvalue weighted by Gasteiger charge is -2.05. The summed E-state index contributed by atoms with van der Waals surface area (Å²) >= 11 is 0. The molecule has 1 atom stereocenters. The molecular formula is C15H19N3O. The highest BCUT2D eigenvalue weighted by atomic mass is 16.5. The van der Waals surface area contributed by atoms with Crippen LogP contribution >= 0.6 is 0 Å². The number of benzene rings is 1. The Morgan fingerprint density at radius 1 is 1.37 bits per heavy atom.